The zero-order chi connectivity index (χ0) is 16.5. The van der Waals surface area contributed by atoms with Crippen LogP contribution in [0.4, 0.5) is 0 Å². The van der Waals surface area contributed by atoms with Crippen molar-refractivity contribution >= 4 is 25.8 Å². The maximum absolute atomic E-state index is 12.1. The molecule has 0 aromatic heterocycles. The standard InChI is InChI=1S/C12H21O8P/c1-2-3-9(12(16)17)6-21(18,19)7-10(20-8-13)4-5-11(14)15/h8-10H,2-7H2,1H3,(H,14,15)(H,16,17)(H,18,19). The summed E-state index contributed by atoms with van der Waals surface area (Å²) in [5, 5.41) is 17.5. The quantitative estimate of drug-likeness (QED) is 0.359. The van der Waals surface area contributed by atoms with Crippen molar-refractivity contribution in [1.82, 2.24) is 0 Å². The van der Waals surface area contributed by atoms with Crippen molar-refractivity contribution in [3.63, 3.8) is 0 Å². The number of carboxylic acids is 2. The van der Waals surface area contributed by atoms with E-state index < -0.39 is 43.7 Å². The van der Waals surface area contributed by atoms with Crippen molar-refractivity contribution in [2.24, 2.45) is 5.92 Å². The summed E-state index contributed by atoms with van der Waals surface area (Å²) >= 11 is 0. The molecule has 0 radical (unpaired) electrons. The largest absolute Gasteiger partial charge is 0.481 e. The SMILES string of the molecule is CCCC(CP(=O)(O)CC(CCC(=O)O)OC=O)C(=O)O. The number of carbonyl (C=O) groups is 3. The topological polar surface area (TPSA) is 138 Å². The lowest BCUT2D eigenvalue weighted by atomic mass is 10.1. The molecule has 0 bridgehead atoms. The predicted molar refractivity (Wildman–Crippen MR) is 73.4 cm³/mol. The Morgan fingerprint density at radius 3 is 2.29 bits per heavy atom. The Balaban J connectivity index is 4.70. The fraction of sp³-hybridized carbons (Fsp3) is 0.750. The Bertz CT molecular complexity index is 408. The van der Waals surface area contributed by atoms with Gasteiger partial charge in [0.25, 0.3) is 6.47 Å². The van der Waals surface area contributed by atoms with Crippen molar-refractivity contribution in [3.8, 4) is 0 Å². The molecule has 0 fully saturated rings. The van der Waals surface area contributed by atoms with Crippen LogP contribution in [0.3, 0.4) is 0 Å². The molecule has 0 heterocycles. The van der Waals surface area contributed by atoms with Gasteiger partial charge in [0.2, 0.25) is 7.37 Å². The minimum absolute atomic E-state index is 0.0905. The van der Waals surface area contributed by atoms with Gasteiger partial charge in [-0.2, -0.15) is 0 Å². The second-order valence-corrected chi connectivity index (χ2v) is 7.24. The van der Waals surface area contributed by atoms with Gasteiger partial charge < -0.3 is 19.8 Å². The van der Waals surface area contributed by atoms with Crippen LogP contribution in [0.25, 0.3) is 0 Å². The normalized spacial score (nSPS) is 16.5. The summed E-state index contributed by atoms with van der Waals surface area (Å²) in [6.07, 6.45) is -1.43. The highest BCUT2D eigenvalue weighted by atomic mass is 31.2. The lowest BCUT2D eigenvalue weighted by Crippen LogP contribution is -2.24. The minimum atomic E-state index is -3.84. The second kappa shape index (κ2) is 9.52. The first-order valence-corrected chi connectivity index (χ1v) is 8.59. The number of carbonyl (C=O) groups excluding carboxylic acids is 1. The average Bonchev–Trinajstić information content (AvgIpc) is 2.35. The monoisotopic (exact) mass is 324 g/mol. The van der Waals surface area contributed by atoms with E-state index in [0.29, 0.717) is 6.42 Å². The number of aliphatic carboxylic acids is 2. The van der Waals surface area contributed by atoms with Gasteiger partial charge in [-0.3, -0.25) is 18.9 Å². The Labute approximate surface area is 122 Å². The third kappa shape index (κ3) is 9.20. The van der Waals surface area contributed by atoms with Crippen LogP contribution < -0.4 is 0 Å². The van der Waals surface area contributed by atoms with Crippen molar-refractivity contribution in [2.45, 2.75) is 38.7 Å². The molecule has 122 valence electrons. The van der Waals surface area contributed by atoms with Crippen LogP contribution in [0.2, 0.25) is 0 Å². The van der Waals surface area contributed by atoms with Gasteiger partial charge in [-0.15, -0.1) is 0 Å². The molecule has 3 atom stereocenters. The number of ether oxygens (including phenoxy) is 1. The predicted octanol–water partition coefficient (Wildman–Crippen LogP) is 1.16. The zero-order valence-electron chi connectivity index (χ0n) is 11.8. The van der Waals surface area contributed by atoms with Crippen LogP contribution in [0.1, 0.15) is 32.6 Å². The highest BCUT2D eigenvalue weighted by molar-refractivity contribution is 7.58. The second-order valence-electron chi connectivity index (χ2n) is 4.82. The van der Waals surface area contributed by atoms with E-state index in [1.165, 1.54) is 0 Å². The average molecular weight is 324 g/mol. The zero-order valence-corrected chi connectivity index (χ0v) is 12.7. The molecular formula is C12H21O8P. The van der Waals surface area contributed by atoms with E-state index in [2.05, 4.69) is 4.74 Å². The molecule has 0 spiro atoms. The van der Waals surface area contributed by atoms with Crippen LogP contribution in [-0.2, 0) is 23.7 Å². The number of rotatable bonds is 12. The lowest BCUT2D eigenvalue weighted by Gasteiger charge is -2.21. The first-order chi connectivity index (χ1) is 9.71. The van der Waals surface area contributed by atoms with E-state index in [0.717, 1.165) is 0 Å². The molecule has 0 aliphatic heterocycles. The number of hydrogen-bond acceptors (Lipinski definition) is 5. The van der Waals surface area contributed by atoms with E-state index in [1.54, 1.807) is 6.92 Å². The molecule has 9 heteroatoms. The molecule has 21 heavy (non-hydrogen) atoms. The molecule has 0 amide bonds. The Kier molecular flexibility index (Phi) is 8.89. The molecule has 0 saturated carbocycles. The summed E-state index contributed by atoms with van der Waals surface area (Å²) in [5.41, 5.74) is 0. The third-order valence-corrected chi connectivity index (χ3v) is 4.90. The fourth-order valence-corrected chi connectivity index (χ4v) is 4.03. The smallest absolute Gasteiger partial charge is 0.307 e. The van der Waals surface area contributed by atoms with E-state index in [1.807, 2.05) is 0 Å². The highest BCUT2D eigenvalue weighted by Crippen LogP contribution is 2.44. The first-order valence-electron chi connectivity index (χ1n) is 6.56. The van der Waals surface area contributed by atoms with E-state index in [-0.39, 0.29) is 25.7 Å². The third-order valence-electron chi connectivity index (χ3n) is 2.91. The van der Waals surface area contributed by atoms with Crippen molar-refractivity contribution in [2.75, 3.05) is 12.3 Å². The molecule has 0 rings (SSSR count). The van der Waals surface area contributed by atoms with Gasteiger partial charge >= 0.3 is 11.9 Å². The maximum Gasteiger partial charge on any atom is 0.307 e. The van der Waals surface area contributed by atoms with Crippen molar-refractivity contribution < 1.29 is 38.8 Å². The summed E-state index contributed by atoms with van der Waals surface area (Å²) in [7, 11) is -3.84. The molecule has 0 aliphatic carbocycles. The van der Waals surface area contributed by atoms with Crippen LogP contribution in [0.15, 0.2) is 0 Å². The van der Waals surface area contributed by atoms with E-state index in [4.69, 9.17) is 10.2 Å². The van der Waals surface area contributed by atoms with Gasteiger partial charge in [-0.25, -0.2) is 0 Å². The molecule has 8 nitrogen and oxygen atoms in total. The van der Waals surface area contributed by atoms with Crippen LogP contribution in [-0.4, -0.2) is 51.9 Å². The van der Waals surface area contributed by atoms with E-state index >= 15 is 0 Å². The number of hydrogen-bond donors (Lipinski definition) is 3. The molecule has 3 N–H and O–H groups in total. The summed E-state index contributed by atoms with van der Waals surface area (Å²) in [6, 6.07) is 0. The molecule has 0 aromatic rings. The Hall–Kier alpha value is -1.40. The van der Waals surface area contributed by atoms with Gasteiger partial charge in [0.1, 0.15) is 6.10 Å². The molecule has 0 aromatic carbocycles. The first kappa shape index (κ1) is 19.6. The summed E-state index contributed by atoms with van der Waals surface area (Å²) in [5.74, 6) is -3.21. The summed E-state index contributed by atoms with van der Waals surface area (Å²) in [6.45, 7) is 1.86. The van der Waals surface area contributed by atoms with Gasteiger partial charge in [0.05, 0.1) is 12.1 Å². The van der Waals surface area contributed by atoms with E-state index in [9.17, 15) is 23.8 Å². The summed E-state index contributed by atoms with van der Waals surface area (Å²) < 4.78 is 16.7. The van der Waals surface area contributed by atoms with Gasteiger partial charge in [0.15, 0.2) is 0 Å². The molecule has 0 aliphatic rings. The van der Waals surface area contributed by atoms with Gasteiger partial charge in [0, 0.05) is 12.6 Å². The highest BCUT2D eigenvalue weighted by Gasteiger charge is 2.31. The molecular weight excluding hydrogens is 303 g/mol. The van der Waals surface area contributed by atoms with Crippen LogP contribution in [0.5, 0.6) is 0 Å². The van der Waals surface area contributed by atoms with Crippen molar-refractivity contribution in [3.05, 3.63) is 0 Å². The lowest BCUT2D eigenvalue weighted by molar-refractivity contribution is -0.141. The van der Waals surface area contributed by atoms with Gasteiger partial charge in [-0.05, 0) is 12.8 Å². The Morgan fingerprint density at radius 1 is 1.24 bits per heavy atom. The van der Waals surface area contributed by atoms with Gasteiger partial charge in [-0.1, -0.05) is 13.3 Å². The van der Waals surface area contributed by atoms with Crippen LogP contribution >= 0.6 is 7.37 Å². The molecule has 0 saturated heterocycles. The van der Waals surface area contributed by atoms with Crippen LogP contribution in [0, 0.1) is 5.92 Å². The maximum atomic E-state index is 12.1. The minimum Gasteiger partial charge on any atom is -0.481 e. The Morgan fingerprint density at radius 2 is 1.86 bits per heavy atom. The number of carboxylic acid groups (broad SMARTS) is 2. The van der Waals surface area contributed by atoms with Crippen molar-refractivity contribution in [1.29, 1.82) is 0 Å². The summed E-state index contributed by atoms with van der Waals surface area (Å²) in [4.78, 5) is 41.7. The molecule has 3 unspecified atom stereocenters. The fourth-order valence-electron chi connectivity index (χ4n) is 1.94.